The molecule has 3 rings (SSSR count). The molecule has 1 aliphatic heterocycles. The average molecular weight is 395 g/mol. The van der Waals surface area contributed by atoms with E-state index in [2.05, 4.69) is 5.32 Å². The summed E-state index contributed by atoms with van der Waals surface area (Å²) in [5.74, 6) is -0.458. The Morgan fingerprint density at radius 2 is 1.68 bits per heavy atom. The van der Waals surface area contributed by atoms with Crippen LogP contribution in [0.3, 0.4) is 0 Å². The monoisotopic (exact) mass is 395 g/mol. The maximum Gasteiger partial charge on any atom is 0.416 e. The van der Waals surface area contributed by atoms with Gasteiger partial charge in [0.25, 0.3) is 5.91 Å². The first kappa shape index (κ1) is 19.5. The first-order chi connectivity index (χ1) is 13.2. The molecule has 28 heavy (non-hydrogen) atoms. The Kier molecular flexibility index (Phi) is 5.43. The number of ether oxygens (including phenoxy) is 3. The van der Waals surface area contributed by atoms with Gasteiger partial charge in [-0.05, 0) is 43.3 Å². The number of nitrogens with one attached hydrogen (secondary N) is 1. The SMILES string of the molecule is C[C@H](OC(=O)c1ccc(C(F)(F)F)cc1)C(=O)Nc1ccc2c(c1)OCCO2. The van der Waals surface area contributed by atoms with E-state index in [9.17, 15) is 22.8 Å². The Morgan fingerprint density at radius 3 is 2.32 bits per heavy atom. The third-order valence-corrected chi connectivity index (χ3v) is 3.91. The summed E-state index contributed by atoms with van der Waals surface area (Å²) < 4.78 is 53.5. The van der Waals surface area contributed by atoms with Gasteiger partial charge in [0, 0.05) is 11.8 Å². The first-order valence-corrected chi connectivity index (χ1v) is 8.33. The Bertz CT molecular complexity index is 880. The van der Waals surface area contributed by atoms with Crippen molar-refractivity contribution in [3.8, 4) is 11.5 Å². The summed E-state index contributed by atoms with van der Waals surface area (Å²) >= 11 is 0. The molecule has 0 aliphatic carbocycles. The highest BCUT2D eigenvalue weighted by molar-refractivity contribution is 5.97. The summed E-state index contributed by atoms with van der Waals surface area (Å²) in [6, 6.07) is 8.37. The van der Waals surface area contributed by atoms with Gasteiger partial charge in [-0.3, -0.25) is 4.79 Å². The van der Waals surface area contributed by atoms with Crippen LogP contribution in [0.5, 0.6) is 11.5 Å². The molecule has 1 aliphatic rings. The summed E-state index contributed by atoms with van der Waals surface area (Å²) in [7, 11) is 0. The summed E-state index contributed by atoms with van der Waals surface area (Å²) in [6.07, 6.45) is -5.66. The van der Waals surface area contributed by atoms with Crippen molar-refractivity contribution in [3.63, 3.8) is 0 Å². The Balaban J connectivity index is 1.60. The lowest BCUT2D eigenvalue weighted by atomic mass is 10.1. The van der Waals surface area contributed by atoms with Gasteiger partial charge in [-0.25, -0.2) is 4.79 Å². The number of alkyl halides is 3. The fourth-order valence-corrected chi connectivity index (χ4v) is 2.44. The van der Waals surface area contributed by atoms with Gasteiger partial charge in [-0.1, -0.05) is 0 Å². The summed E-state index contributed by atoms with van der Waals surface area (Å²) in [4.78, 5) is 24.3. The molecule has 0 bridgehead atoms. The average Bonchev–Trinajstić information content (AvgIpc) is 2.67. The number of fused-ring (bicyclic) bond motifs is 1. The molecule has 1 amide bonds. The number of rotatable bonds is 4. The van der Waals surface area contributed by atoms with E-state index in [-0.39, 0.29) is 5.56 Å². The van der Waals surface area contributed by atoms with E-state index in [0.717, 1.165) is 24.3 Å². The molecule has 148 valence electrons. The fourth-order valence-electron chi connectivity index (χ4n) is 2.44. The third-order valence-electron chi connectivity index (χ3n) is 3.91. The van der Waals surface area contributed by atoms with Gasteiger partial charge in [0.1, 0.15) is 13.2 Å². The normalized spacial score (nSPS) is 14.1. The van der Waals surface area contributed by atoms with E-state index in [1.54, 1.807) is 18.2 Å². The van der Waals surface area contributed by atoms with Crippen LogP contribution in [0.1, 0.15) is 22.8 Å². The number of anilines is 1. The van der Waals surface area contributed by atoms with Crippen molar-refractivity contribution >= 4 is 17.6 Å². The van der Waals surface area contributed by atoms with Crippen LogP contribution in [-0.2, 0) is 15.7 Å². The van der Waals surface area contributed by atoms with Crippen LogP contribution < -0.4 is 14.8 Å². The second-order valence-electron chi connectivity index (χ2n) is 5.97. The minimum atomic E-state index is -4.50. The highest BCUT2D eigenvalue weighted by atomic mass is 19.4. The van der Waals surface area contributed by atoms with Gasteiger partial charge >= 0.3 is 12.1 Å². The molecular weight excluding hydrogens is 379 g/mol. The van der Waals surface area contributed by atoms with Crippen molar-refractivity contribution in [2.45, 2.75) is 19.2 Å². The molecule has 2 aromatic rings. The zero-order valence-electron chi connectivity index (χ0n) is 14.7. The van der Waals surface area contributed by atoms with E-state index in [1.807, 2.05) is 0 Å². The van der Waals surface area contributed by atoms with E-state index >= 15 is 0 Å². The number of hydrogen-bond donors (Lipinski definition) is 1. The molecule has 1 heterocycles. The topological polar surface area (TPSA) is 73.9 Å². The molecule has 1 atom stereocenters. The van der Waals surface area contributed by atoms with Crippen molar-refractivity contribution in [2.24, 2.45) is 0 Å². The second-order valence-corrected chi connectivity index (χ2v) is 5.97. The van der Waals surface area contributed by atoms with Crippen LogP contribution in [0.2, 0.25) is 0 Å². The molecule has 0 radical (unpaired) electrons. The maximum absolute atomic E-state index is 12.6. The highest BCUT2D eigenvalue weighted by Gasteiger charge is 2.30. The van der Waals surface area contributed by atoms with E-state index in [0.29, 0.717) is 30.4 Å². The Labute approximate surface area is 158 Å². The molecule has 0 spiro atoms. The fraction of sp³-hybridized carbons (Fsp3) is 0.263. The molecule has 2 aromatic carbocycles. The van der Waals surface area contributed by atoms with Crippen LogP contribution in [0, 0.1) is 0 Å². The molecule has 9 heteroatoms. The van der Waals surface area contributed by atoms with Crippen molar-refractivity contribution in [2.75, 3.05) is 18.5 Å². The zero-order valence-corrected chi connectivity index (χ0v) is 14.7. The Morgan fingerprint density at radius 1 is 1.04 bits per heavy atom. The van der Waals surface area contributed by atoms with Crippen molar-refractivity contribution in [3.05, 3.63) is 53.6 Å². The lowest BCUT2D eigenvalue weighted by Crippen LogP contribution is -2.30. The number of carbonyl (C=O) groups excluding carboxylic acids is 2. The zero-order chi connectivity index (χ0) is 20.3. The maximum atomic E-state index is 12.6. The second kappa shape index (κ2) is 7.79. The van der Waals surface area contributed by atoms with Crippen LogP contribution in [0.25, 0.3) is 0 Å². The van der Waals surface area contributed by atoms with Crippen LogP contribution in [0.15, 0.2) is 42.5 Å². The number of amides is 1. The van der Waals surface area contributed by atoms with Gasteiger partial charge in [0.2, 0.25) is 0 Å². The quantitative estimate of drug-likeness (QED) is 0.800. The molecule has 0 unspecified atom stereocenters. The van der Waals surface area contributed by atoms with Crippen LogP contribution >= 0.6 is 0 Å². The molecule has 1 N–H and O–H groups in total. The molecule has 0 fully saturated rings. The standard InChI is InChI=1S/C19H16F3NO5/c1-11(28-18(25)12-2-4-13(5-3-12)19(20,21)22)17(24)23-14-6-7-15-16(10-14)27-9-8-26-15/h2-7,10-11H,8-9H2,1H3,(H,23,24)/t11-/m0/s1. The third kappa shape index (κ3) is 4.54. The highest BCUT2D eigenvalue weighted by Crippen LogP contribution is 2.32. The number of halogens is 3. The first-order valence-electron chi connectivity index (χ1n) is 8.33. The predicted octanol–water partition coefficient (Wildman–Crippen LogP) is 3.66. The number of hydrogen-bond acceptors (Lipinski definition) is 5. The van der Waals surface area contributed by atoms with Gasteiger partial charge in [0.05, 0.1) is 11.1 Å². The summed E-state index contributed by atoms with van der Waals surface area (Å²) in [5.41, 5.74) is -0.549. The van der Waals surface area contributed by atoms with E-state index in [1.165, 1.54) is 6.92 Å². The number of benzene rings is 2. The molecule has 0 aromatic heterocycles. The van der Waals surface area contributed by atoms with Gasteiger partial charge in [-0.2, -0.15) is 13.2 Å². The van der Waals surface area contributed by atoms with Gasteiger partial charge in [0.15, 0.2) is 17.6 Å². The number of esters is 1. The minimum absolute atomic E-state index is 0.0908. The Hall–Kier alpha value is -3.23. The van der Waals surface area contributed by atoms with Crippen LogP contribution in [0.4, 0.5) is 18.9 Å². The lowest BCUT2D eigenvalue weighted by Gasteiger charge is -2.19. The van der Waals surface area contributed by atoms with Crippen molar-refractivity contribution in [1.29, 1.82) is 0 Å². The van der Waals surface area contributed by atoms with E-state index < -0.39 is 29.7 Å². The largest absolute Gasteiger partial charge is 0.486 e. The molecular formula is C19H16F3NO5. The van der Waals surface area contributed by atoms with Gasteiger partial charge < -0.3 is 19.5 Å². The van der Waals surface area contributed by atoms with Crippen molar-refractivity contribution < 1.29 is 37.0 Å². The minimum Gasteiger partial charge on any atom is -0.486 e. The summed E-state index contributed by atoms with van der Waals surface area (Å²) in [6.45, 7) is 2.19. The molecule has 0 saturated heterocycles. The number of carbonyl (C=O) groups is 2. The summed E-state index contributed by atoms with van der Waals surface area (Å²) in [5, 5.41) is 2.58. The molecule has 0 saturated carbocycles. The lowest BCUT2D eigenvalue weighted by molar-refractivity contribution is -0.137. The van der Waals surface area contributed by atoms with E-state index in [4.69, 9.17) is 14.2 Å². The van der Waals surface area contributed by atoms with Crippen LogP contribution in [-0.4, -0.2) is 31.2 Å². The molecule has 6 nitrogen and oxygen atoms in total. The smallest absolute Gasteiger partial charge is 0.416 e. The van der Waals surface area contributed by atoms with Gasteiger partial charge in [-0.15, -0.1) is 0 Å². The predicted molar refractivity (Wildman–Crippen MR) is 92.4 cm³/mol. The van der Waals surface area contributed by atoms with Crippen molar-refractivity contribution in [1.82, 2.24) is 0 Å².